The molecular weight excluding hydrogens is 264 g/mol. The lowest BCUT2D eigenvalue weighted by Gasteiger charge is -2.23. The van der Waals surface area contributed by atoms with E-state index in [1.807, 2.05) is 13.8 Å². The first-order valence-corrected chi connectivity index (χ1v) is 6.81. The normalized spacial score (nSPS) is 11.6. The molecule has 20 heavy (non-hydrogen) atoms. The second-order valence-corrected chi connectivity index (χ2v) is 4.39. The maximum absolute atomic E-state index is 11.9. The molecule has 0 heterocycles. The number of nitrogens with zero attached hydrogens (tertiary/aromatic N) is 1. The number of esters is 1. The van der Waals surface area contributed by atoms with Gasteiger partial charge in [-0.25, -0.2) is 9.59 Å². The van der Waals surface area contributed by atoms with Crippen LogP contribution in [0.5, 0.6) is 0 Å². The van der Waals surface area contributed by atoms with Crippen LogP contribution in [0.2, 0.25) is 0 Å². The Labute approximate surface area is 119 Å². The van der Waals surface area contributed by atoms with Gasteiger partial charge in [-0.3, -0.25) is 4.79 Å². The Morgan fingerprint density at radius 1 is 1.30 bits per heavy atom. The molecule has 1 atom stereocenters. The summed E-state index contributed by atoms with van der Waals surface area (Å²) in [6, 6.07) is -1.50. The summed E-state index contributed by atoms with van der Waals surface area (Å²) in [5.74, 6) is -1.65. The first-order valence-electron chi connectivity index (χ1n) is 6.81. The summed E-state index contributed by atoms with van der Waals surface area (Å²) in [5, 5.41) is 11.5. The van der Waals surface area contributed by atoms with Gasteiger partial charge in [0.1, 0.15) is 6.04 Å². The van der Waals surface area contributed by atoms with Gasteiger partial charge in [0.2, 0.25) is 0 Å². The van der Waals surface area contributed by atoms with Crippen LogP contribution in [0.15, 0.2) is 0 Å². The van der Waals surface area contributed by atoms with Gasteiger partial charge in [0.25, 0.3) is 0 Å². The Hall–Kier alpha value is -1.79. The number of urea groups is 1. The lowest BCUT2D eigenvalue weighted by atomic mass is 10.1. The van der Waals surface area contributed by atoms with Crippen molar-refractivity contribution in [3.63, 3.8) is 0 Å². The van der Waals surface area contributed by atoms with Crippen LogP contribution in [0.1, 0.15) is 39.5 Å². The number of methoxy groups -OCH3 is 1. The van der Waals surface area contributed by atoms with Crippen molar-refractivity contribution in [2.45, 2.75) is 45.6 Å². The predicted octanol–water partition coefficient (Wildman–Crippen LogP) is 1.22. The van der Waals surface area contributed by atoms with Crippen molar-refractivity contribution < 1.29 is 24.2 Å². The van der Waals surface area contributed by atoms with Gasteiger partial charge >= 0.3 is 18.0 Å². The number of carboxylic acid groups (broad SMARTS) is 1. The van der Waals surface area contributed by atoms with Gasteiger partial charge in [0, 0.05) is 19.5 Å². The molecule has 2 N–H and O–H groups in total. The number of hydrogen-bond donors (Lipinski definition) is 2. The fourth-order valence-corrected chi connectivity index (χ4v) is 1.61. The summed E-state index contributed by atoms with van der Waals surface area (Å²) >= 11 is 0. The summed E-state index contributed by atoms with van der Waals surface area (Å²) < 4.78 is 4.45. The minimum atomic E-state index is -1.16. The number of nitrogens with one attached hydrogen (secondary N) is 1. The first kappa shape index (κ1) is 18.2. The van der Waals surface area contributed by atoms with E-state index < -0.39 is 24.0 Å². The van der Waals surface area contributed by atoms with Crippen molar-refractivity contribution in [2.75, 3.05) is 20.2 Å². The molecule has 0 saturated carbocycles. The highest BCUT2D eigenvalue weighted by Gasteiger charge is 2.23. The van der Waals surface area contributed by atoms with E-state index in [9.17, 15) is 14.4 Å². The van der Waals surface area contributed by atoms with E-state index in [0.717, 1.165) is 12.8 Å². The molecule has 0 aliphatic heterocycles. The molecule has 0 aromatic heterocycles. The van der Waals surface area contributed by atoms with Crippen molar-refractivity contribution in [2.24, 2.45) is 0 Å². The largest absolute Gasteiger partial charge is 0.480 e. The van der Waals surface area contributed by atoms with Crippen molar-refractivity contribution in [3.05, 3.63) is 0 Å². The summed E-state index contributed by atoms with van der Waals surface area (Å²) in [6.45, 7) is 4.94. The van der Waals surface area contributed by atoms with Crippen LogP contribution in [0.3, 0.4) is 0 Å². The zero-order valence-corrected chi connectivity index (χ0v) is 12.3. The molecule has 0 spiro atoms. The predicted molar refractivity (Wildman–Crippen MR) is 73.4 cm³/mol. The number of carboxylic acids is 1. The molecule has 0 aliphatic rings. The monoisotopic (exact) mass is 288 g/mol. The smallest absolute Gasteiger partial charge is 0.326 e. The molecule has 2 amide bonds. The Kier molecular flexibility index (Phi) is 9.15. The molecule has 7 nitrogen and oxygen atoms in total. The molecule has 0 saturated heterocycles. The summed E-state index contributed by atoms with van der Waals surface area (Å²) in [6.07, 6.45) is 1.78. The number of carbonyl (C=O) groups excluding carboxylic acids is 2. The average molecular weight is 288 g/mol. The summed E-state index contributed by atoms with van der Waals surface area (Å²) in [4.78, 5) is 35.6. The molecule has 0 unspecified atom stereocenters. The van der Waals surface area contributed by atoms with E-state index in [2.05, 4.69) is 10.1 Å². The van der Waals surface area contributed by atoms with Crippen LogP contribution in [0, 0.1) is 0 Å². The summed E-state index contributed by atoms with van der Waals surface area (Å²) in [5.41, 5.74) is 0. The summed E-state index contributed by atoms with van der Waals surface area (Å²) in [7, 11) is 1.24. The molecule has 0 fully saturated rings. The van der Waals surface area contributed by atoms with Crippen molar-refractivity contribution >= 4 is 18.0 Å². The van der Waals surface area contributed by atoms with Gasteiger partial charge in [-0.15, -0.1) is 0 Å². The molecular formula is C13H24N2O5. The zero-order valence-electron chi connectivity index (χ0n) is 12.3. The number of rotatable bonds is 9. The second kappa shape index (κ2) is 10.1. The lowest BCUT2D eigenvalue weighted by molar-refractivity contribution is -0.142. The standard InChI is InChI=1S/C13H24N2O5/c1-4-6-9-15(5-2)13(19)14-10(12(17)18)7-8-11(16)20-3/h10H,4-9H2,1-3H3,(H,14,19)(H,17,18)/t10-/m1/s1. The first-order chi connectivity index (χ1) is 9.46. The molecule has 0 radical (unpaired) electrons. The molecule has 0 aliphatic carbocycles. The van der Waals surface area contributed by atoms with E-state index in [0.29, 0.717) is 13.1 Å². The topological polar surface area (TPSA) is 95.9 Å². The fourth-order valence-electron chi connectivity index (χ4n) is 1.61. The number of hydrogen-bond acceptors (Lipinski definition) is 4. The molecule has 7 heteroatoms. The van der Waals surface area contributed by atoms with Crippen LogP contribution >= 0.6 is 0 Å². The third kappa shape index (κ3) is 6.96. The second-order valence-electron chi connectivity index (χ2n) is 4.39. The highest BCUT2D eigenvalue weighted by atomic mass is 16.5. The van der Waals surface area contributed by atoms with Crippen molar-refractivity contribution in [3.8, 4) is 0 Å². The third-order valence-corrected chi connectivity index (χ3v) is 2.91. The van der Waals surface area contributed by atoms with Crippen LogP contribution in [0.4, 0.5) is 4.79 Å². The van der Waals surface area contributed by atoms with Gasteiger partial charge in [-0.2, -0.15) is 0 Å². The van der Waals surface area contributed by atoms with Gasteiger partial charge in [0.05, 0.1) is 7.11 Å². The minimum Gasteiger partial charge on any atom is -0.480 e. The van der Waals surface area contributed by atoms with E-state index in [1.165, 1.54) is 7.11 Å². The highest BCUT2D eigenvalue weighted by molar-refractivity contribution is 5.83. The Morgan fingerprint density at radius 3 is 2.40 bits per heavy atom. The SMILES string of the molecule is CCCCN(CC)C(=O)N[C@H](CCC(=O)OC)C(=O)O. The fraction of sp³-hybridized carbons (Fsp3) is 0.769. The lowest BCUT2D eigenvalue weighted by Crippen LogP contribution is -2.48. The van der Waals surface area contributed by atoms with Crippen LogP contribution in [0.25, 0.3) is 0 Å². The van der Waals surface area contributed by atoms with Gasteiger partial charge in [-0.05, 0) is 19.8 Å². The Balaban J connectivity index is 4.45. The van der Waals surface area contributed by atoms with Gasteiger partial charge < -0.3 is 20.1 Å². The molecule has 116 valence electrons. The van der Waals surface area contributed by atoms with Crippen molar-refractivity contribution in [1.82, 2.24) is 10.2 Å². The number of aliphatic carboxylic acids is 1. The molecule has 0 rings (SSSR count). The quantitative estimate of drug-likeness (QED) is 0.622. The molecule has 0 aromatic carbocycles. The van der Waals surface area contributed by atoms with Crippen LogP contribution in [-0.2, 0) is 14.3 Å². The van der Waals surface area contributed by atoms with Crippen molar-refractivity contribution in [1.29, 1.82) is 0 Å². The van der Waals surface area contributed by atoms with E-state index in [4.69, 9.17) is 5.11 Å². The number of unbranched alkanes of at least 4 members (excludes halogenated alkanes) is 1. The minimum absolute atomic E-state index is 0.0130. The van der Waals surface area contributed by atoms with E-state index >= 15 is 0 Å². The molecule has 0 aromatic rings. The van der Waals surface area contributed by atoms with E-state index in [-0.39, 0.29) is 12.8 Å². The highest BCUT2D eigenvalue weighted by Crippen LogP contribution is 2.02. The number of carbonyl (C=O) groups is 3. The molecule has 0 bridgehead atoms. The zero-order chi connectivity index (χ0) is 15.5. The Bertz CT molecular complexity index is 333. The van der Waals surface area contributed by atoms with Gasteiger partial charge in [0.15, 0.2) is 0 Å². The number of amides is 2. The van der Waals surface area contributed by atoms with Crippen LogP contribution in [-0.4, -0.2) is 54.2 Å². The Morgan fingerprint density at radius 2 is 1.95 bits per heavy atom. The maximum Gasteiger partial charge on any atom is 0.326 e. The van der Waals surface area contributed by atoms with E-state index in [1.54, 1.807) is 4.90 Å². The maximum atomic E-state index is 11.9. The third-order valence-electron chi connectivity index (χ3n) is 2.91. The number of ether oxygens (including phenoxy) is 1. The van der Waals surface area contributed by atoms with Crippen LogP contribution < -0.4 is 5.32 Å². The van der Waals surface area contributed by atoms with Gasteiger partial charge in [-0.1, -0.05) is 13.3 Å². The average Bonchev–Trinajstić information content (AvgIpc) is 2.43.